The summed E-state index contributed by atoms with van der Waals surface area (Å²) in [5.74, 6) is -0.883. The minimum atomic E-state index is -2.51. The Morgan fingerprint density at radius 2 is 1.95 bits per heavy atom. The number of aryl methyl sites for hydroxylation is 2. The van der Waals surface area contributed by atoms with Gasteiger partial charge in [-0.2, -0.15) is 0 Å². The van der Waals surface area contributed by atoms with E-state index in [1.165, 1.54) is 12.1 Å². The monoisotopic (exact) mass is 496 g/mol. The molecule has 0 unspecified atom stereocenters. The maximum Gasteiger partial charge on any atom is 0.0799 e. The molecule has 22 heavy (non-hydrogen) atoms. The van der Waals surface area contributed by atoms with Gasteiger partial charge < -0.3 is 4.98 Å². The SMILES string of the molecule is [2H]C([2H])([2H])c1c[c-]c(-c2cc(C([2H])(C)C)c([Si](C)(C)C)cn2)c(C([2H])([2H])[2H])c1.[Ir]. The molecule has 1 radical (unpaired) electrons. The van der Waals surface area contributed by atoms with Gasteiger partial charge in [0.2, 0.25) is 0 Å². The van der Waals surface area contributed by atoms with Crippen molar-refractivity contribution in [1.82, 2.24) is 4.98 Å². The van der Waals surface area contributed by atoms with Crippen LogP contribution in [0.5, 0.6) is 0 Å². The Morgan fingerprint density at radius 3 is 2.50 bits per heavy atom. The van der Waals surface area contributed by atoms with Crippen molar-refractivity contribution in [2.24, 2.45) is 0 Å². The fourth-order valence-electron chi connectivity index (χ4n) is 2.31. The third kappa shape index (κ3) is 4.16. The Hall–Kier alpha value is -0.764. The van der Waals surface area contributed by atoms with Crippen LogP contribution in [0.1, 0.15) is 46.0 Å². The van der Waals surface area contributed by atoms with Crippen LogP contribution >= 0.6 is 0 Å². The predicted octanol–water partition coefficient (Wildman–Crippen LogP) is 4.83. The van der Waals surface area contributed by atoms with E-state index in [0.717, 1.165) is 10.8 Å². The van der Waals surface area contributed by atoms with Crippen molar-refractivity contribution in [1.29, 1.82) is 0 Å². The van der Waals surface area contributed by atoms with Crippen molar-refractivity contribution in [2.75, 3.05) is 0 Å². The number of hydrogen-bond donors (Lipinski definition) is 0. The molecule has 0 fully saturated rings. The van der Waals surface area contributed by atoms with E-state index in [0.29, 0.717) is 5.69 Å². The Morgan fingerprint density at radius 1 is 1.23 bits per heavy atom. The van der Waals surface area contributed by atoms with Crippen LogP contribution in [-0.2, 0) is 20.1 Å². The fraction of sp³-hybridized carbons (Fsp3) is 0.421. The van der Waals surface area contributed by atoms with Gasteiger partial charge in [0.1, 0.15) is 0 Å². The molecule has 0 aliphatic rings. The van der Waals surface area contributed by atoms with Gasteiger partial charge in [-0.1, -0.05) is 58.8 Å². The number of rotatable bonds is 3. The second kappa shape index (κ2) is 7.21. The van der Waals surface area contributed by atoms with E-state index in [9.17, 15) is 0 Å². The molecule has 0 amide bonds. The van der Waals surface area contributed by atoms with E-state index < -0.39 is 27.7 Å². The molecule has 1 heterocycles. The second-order valence-electron chi connectivity index (χ2n) is 6.54. The van der Waals surface area contributed by atoms with Crippen LogP contribution in [0.2, 0.25) is 19.6 Å². The average molecular weight is 496 g/mol. The summed E-state index contributed by atoms with van der Waals surface area (Å²) in [6.45, 7) is 5.17. The summed E-state index contributed by atoms with van der Waals surface area (Å²) in [5.41, 5.74) is 1.29. The summed E-state index contributed by atoms with van der Waals surface area (Å²) >= 11 is 0. The molecule has 2 rings (SSSR count). The topological polar surface area (TPSA) is 12.9 Å². The number of pyridine rings is 1. The molecule has 1 aromatic heterocycles. The molecule has 121 valence electrons. The van der Waals surface area contributed by atoms with Crippen molar-refractivity contribution in [3.63, 3.8) is 0 Å². The zero-order valence-corrected chi connectivity index (χ0v) is 17.0. The molecule has 0 saturated carbocycles. The fourth-order valence-corrected chi connectivity index (χ4v) is 3.89. The zero-order valence-electron chi connectivity index (χ0n) is 20.6. The molecular formula is C19H26IrNSi-. The molecule has 0 atom stereocenters. The van der Waals surface area contributed by atoms with E-state index in [1.54, 1.807) is 26.1 Å². The number of benzene rings is 1. The maximum atomic E-state index is 8.54. The molecule has 1 aromatic carbocycles. The third-order valence-electron chi connectivity index (χ3n) is 3.45. The van der Waals surface area contributed by atoms with Gasteiger partial charge in [-0.3, -0.25) is 0 Å². The van der Waals surface area contributed by atoms with Gasteiger partial charge in [0.25, 0.3) is 0 Å². The van der Waals surface area contributed by atoms with E-state index in [4.69, 9.17) is 9.60 Å². The van der Waals surface area contributed by atoms with Crippen molar-refractivity contribution < 1.29 is 29.7 Å². The van der Waals surface area contributed by atoms with E-state index in [1.807, 2.05) is 0 Å². The van der Waals surface area contributed by atoms with Crippen molar-refractivity contribution >= 4 is 13.3 Å². The predicted molar refractivity (Wildman–Crippen MR) is 95.1 cm³/mol. The molecule has 2 aromatic rings. The summed E-state index contributed by atoms with van der Waals surface area (Å²) in [6.07, 6.45) is 1.74. The molecule has 0 aliphatic heterocycles. The van der Waals surface area contributed by atoms with Gasteiger partial charge >= 0.3 is 0 Å². The van der Waals surface area contributed by atoms with Gasteiger partial charge in [-0.25, -0.2) is 0 Å². The zero-order chi connectivity index (χ0) is 21.7. The Bertz CT molecular complexity index is 878. The average Bonchev–Trinajstić information content (AvgIpc) is 2.50. The van der Waals surface area contributed by atoms with Crippen LogP contribution in [-0.4, -0.2) is 13.1 Å². The molecule has 0 spiro atoms. The molecule has 0 saturated heterocycles. The minimum Gasteiger partial charge on any atom is -0.305 e. The number of hydrogen-bond acceptors (Lipinski definition) is 1. The van der Waals surface area contributed by atoms with Crippen molar-refractivity contribution in [3.05, 3.63) is 47.2 Å². The first-order chi connectivity index (χ1) is 12.4. The van der Waals surface area contributed by atoms with Gasteiger partial charge in [0.15, 0.2) is 0 Å². The first-order valence-corrected chi connectivity index (χ1v) is 10.5. The largest absolute Gasteiger partial charge is 0.305 e. The van der Waals surface area contributed by atoms with Gasteiger partial charge in [0.05, 0.1) is 8.07 Å². The Labute approximate surface area is 159 Å². The van der Waals surface area contributed by atoms with Crippen LogP contribution in [0.4, 0.5) is 0 Å². The quantitative estimate of drug-likeness (QED) is 0.439. The Kier molecular flexibility index (Phi) is 3.57. The van der Waals surface area contributed by atoms with Crippen LogP contribution in [0, 0.1) is 19.8 Å². The maximum absolute atomic E-state index is 8.54. The molecular weight excluding hydrogens is 463 g/mol. The van der Waals surface area contributed by atoms with Crippen LogP contribution < -0.4 is 5.19 Å². The molecule has 3 heteroatoms. The van der Waals surface area contributed by atoms with Crippen LogP contribution in [0.3, 0.4) is 0 Å². The number of aromatic nitrogens is 1. The van der Waals surface area contributed by atoms with Gasteiger partial charge in [-0.15, -0.1) is 34.9 Å². The van der Waals surface area contributed by atoms with E-state index in [2.05, 4.69) is 30.7 Å². The first-order valence-electron chi connectivity index (χ1n) is 10.5. The first kappa shape index (κ1) is 10.9. The number of nitrogens with zero attached hydrogens (tertiary/aromatic N) is 1. The van der Waals surface area contributed by atoms with Crippen LogP contribution in [0.25, 0.3) is 11.3 Å². The standard InChI is InChI=1S/C19H26NSi.Ir/c1-13(2)17-11-18(20-12-19(17)21(5,6)7)16-9-8-14(3)10-15(16)4;/h8,10-13H,1-7H3;/q-1;/i3D3,4D3,13D;. The smallest absolute Gasteiger partial charge is 0.0799 e. The minimum absolute atomic E-state index is 0. The second-order valence-corrected chi connectivity index (χ2v) is 11.6. The summed E-state index contributed by atoms with van der Waals surface area (Å²) in [7, 11) is -1.77. The van der Waals surface area contributed by atoms with Gasteiger partial charge in [-0.05, 0) is 16.8 Å². The molecule has 0 N–H and O–H groups in total. The van der Waals surface area contributed by atoms with Crippen molar-refractivity contribution in [2.45, 2.75) is 53.1 Å². The summed E-state index contributed by atoms with van der Waals surface area (Å²) in [4.78, 5) is 4.49. The molecule has 0 aliphatic carbocycles. The third-order valence-corrected chi connectivity index (χ3v) is 5.46. The van der Waals surface area contributed by atoms with Gasteiger partial charge in [0, 0.05) is 35.9 Å². The van der Waals surface area contributed by atoms with E-state index >= 15 is 0 Å². The Balaban J connectivity index is 0.00000420. The van der Waals surface area contributed by atoms with Crippen molar-refractivity contribution in [3.8, 4) is 11.3 Å². The molecule has 1 nitrogen and oxygen atoms in total. The van der Waals surface area contributed by atoms with Crippen LogP contribution in [0.15, 0.2) is 24.4 Å². The van der Waals surface area contributed by atoms with E-state index in [-0.39, 0.29) is 36.8 Å². The summed E-state index contributed by atoms with van der Waals surface area (Å²) in [6, 6.07) is 7.10. The summed E-state index contributed by atoms with van der Waals surface area (Å²) < 4.78 is 54.8. The normalized spacial score (nSPS) is 17.8. The summed E-state index contributed by atoms with van der Waals surface area (Å²) in [5, 5.41) is 1.05. The molecule has 0 bridgehead atoms.